The van der Waals surface area contributed by atoms with Crippen molar-refractivity contribution in [2.45, 2.75) is 45.7 Å². The molecule has 30 heavy (non-hydrogen) atoms. The number of benzene rings is 1. The number of nitrogens with one attached hydrogen (secondary N) is 3. The Morgan fingerprint density at radius 2 is 2.20 bits per heavy atom. The van der Waals surface area contributed by atoms with Crippen molar-refractivity contribution in [3.8, 4) is 11.1 Å². The predicted octanol–water partition coefficient (Wildman–Crippen LogP) is 4.05. The second-order valence-corrected chi connectivity index (χ2v) is 8.45. The zero-order valence-electron chi connectivity index (χ0n) is 17.7. The van der Waals surface area contributed by atoms with Gasteiger partial charge in [0.1, 0.15) is 5.65 Å². The van der Waals surface area contributed by atoms with Gasteiger partial charge in [0.2, 0.25) is 0 Å². The predicted molar refractivity (Wildman–Crippen MR) is 119 cm³/mol. The normalized spacial score (nSPS) is 18.6. The van der Waals surface area contributed by atoms with Gasteiger partial charge in [0.05, 0.1) is 0 Å². The third kappa shape index (κ3) is 3.35. The molecule has 3 N–H and O–H groups in total. The Labute approximate surface area is 177 Å². The van der Waals surface area contributed by atoms with E-state index in [1.807, 2.05) is 24.2 Å². The van der Waals surface area contributed by atoms with Gasteiger partial charge < -0.3 is 20.5 Å². The van der Waals surface area contributed by atoms with Crippen LogP contribution in [-0.4, -0.2) is 40.5 Å². The van der Waals surface area contributed by atoms with Gasteiger partial charge in [0.25, 0.3) is 0 Å². The Morgan fingerprint density at radius 3 is 3.00 bits per heavy atom. The number of hydrogen-bond donors (Lipinski definition) is 3. The molecule has 1 aromatic carbocycles. The summed E-state index contributed by atoms with van der Waals surface area (Å²) in [6.07, 6.45) is 7.26. The maximum absolute atomic E-state index is 12.4. The number of aromatic nitrogens is 2. The molecule has 2 aliphatic heterocycles. The van der Waals surface area contributed by atoms with Crippen LogP contribution >= 0.6 is 0 Å². The average molecular weight is 404 g/mol. The summed E-state index contributed by atoms with van der Waals surface area (Å²) >= 11 is 0. The quantitative estimate of drug-likeness (QED) is 0.618. The minimum absolute atomic E-state index is 0.0279. The number of fused-ring (bicyclic) bond motifs is 2. The molecule has 0 spiro atoms. The number of urea groups is 1. The zero-order chi connectivity index (χ0) is 20.7. The van der Waals surface area contributed by atoms with Crippen molar-refractivity contribution < 1.29 is 4.79 Å². The number of nitrogens with zero attached hydrogens (tertiary/aromatic N) is 2. The molecule has 0 radical (unpaired) electrons. The fraction of sp³-hybridized carbons (Fsp3) is 0.417. The largest absolute Gasteiger partial charge is 0.346 e. The van der Waals surface area contributed by atoms with Gasteiger partial charge in [-0.2, -0.15) is 0 Å². The van der Waals surface area contributed by atoms with E-state index in [4.69, 9.17) is 0 Å². The lowest BCUT2D eigenvalue weighted by Crippen LogP contribution is -2.43. The maximum Gasteiger partial charge on any atom is 0.317 e. The van der Waals surface area contributed by atoms with Crippen LogP contribution < -0.4 is 10.6 Å². The van der Waals surface area contributed by atoms with E-state index in [1.54, 1.807) is 0 Å². The number of aryl methyl sites for hydroxylation is 1. The molecule has 156 valence electrons. The highest BCUT2D eigenvalue weighted by Gasteiger charge is 2.27. The van der Waals surface area contributed by atoms with Crippen molar-refractivity contribution in [2.75, 3.05) is 19.6 Å². The molecular formula is C24H29N5O. The van der Waals surface area contributed by atoms with E-state index in [2.05, 4.69) is 45.7 Å². The van der Waals surface area contributed by atoms with E-state index in [0.29, 0.717) is 19.1 Å². The lowest BCUT2D eigenvalue weighted by atomic mass is 9.87. The van der Waals surface area contributed by atoms with Crippen molar-refractivity contribution in [3.05, 3.63) is 52.8 Å². The zero-order valence-corrected chi connectivity index (χ0v) is 17.7. The van der Waals surface area contributed by atoms with Gasteiger partial charge in [-0.1, -0.05) is 0 Å². The highest BCUT2D eigenvalue weighted by molar-refractivity contribution is 5.84. The Balaban J connectivity index is 1.59. The van der Waals surface area contributed by atoms with Crippen LogP contribution in [0.5, 0.6) is 0 Å². The summed E-state index contributed by atoms with van der Waals surface area (Å²) in [5.74, 6) is 0. The Kier molecular flexibility index (Phi) is 4.95. The summed E-state index contributed by atoms with van der Waals surface area (Å²) in [6.45, 7) is 7.23. The van der Waals surface area contributed by atoms with Crippen LogP contribution in [0.4, 0.5) is 4.79 Å². The number of carbonyl (C=O) groups excluding carboxylic acids is 1. The Hall–Kier alpha value is -2.86. The van der Waals surface area contributed by atoms with Crippen LogP contribution in [0.2, 0.25) is 0 Å². The fourth-order valence-electron chi connectivity index (χ4n) is 4.89. The SMILES string of the molecule is CCNC(=O)N1CCc2c(cc(-c3cnc4[nH]cc(C)c4c3)cc2C2CCCN2)C1. The van der Waals surface area contributed by atoms with Gasteiger partial charge in [-0.15, -0.1) is 0 Å². The minimum atomic E-state index is 0.0279. The Bertz CT molecular complexity index is 1100. The van der Waals surface area contributed by atoms with E-state index in [0.717, 1.165) is 36.1 Å². The molecule has 3 aromatic rings. The van der Waals surface area contributed by atoms with Crippen molar-refractivity contribution in [3.63, 3.8) is 0 Å². The first kappa shape index (κ1) is 19.1. The summed E-state index contributed by atoms with van der Waals surface area (Å²) in [6, 6.07) is 7.28. The van der Waals surface area contributed by atoms with Gasteiger partial charge >= 0.3 is 6.03 Å². The highest BCUT2D eigenvalue weighted by atomic mass is 16.2. The first-order valence-electron chi connectivity index (χ1n) is 11.0. The molecule has 0 aliphatic carbocycles. The molecule has 6 heteroatoms. The molecule has 5 rings (SSSR count). The van der Waals surface area contributed by atoms with Crippen molar-refractivity contribution in [2.24, 2.45) is 0 Å². The standard InChI is InChI=1S/C24H29N5O/c1-3-25-24(30)29-8-6-19-18(14-29)9-16(10-21(19)22-5-4-7-26-22)17-11-20-15(2)12-27-23(20)28-13-17/h9-13,22,26H,3-8,14H2,1-2H3,(H,25,30)(H,27,28). The number of amides is 2. The number of pyridine rings is 1. The molecule has 1 fully saturated rings. The van der Waals surface area contributed by atoms with Gasteiger partial charge in [-0.25, -0.2) is 9.78 Å². The van der Waals surface area contributed by atoms with Crippen LogP contribution in [0.1, 0.15) is 48.1 Å². The molecule has 6 nitrogen and oxygen atoms in total. The monoisotopic (exact) mass is 403 g/mol. The van der Waals surface area contributed by atoms with E-state index < -0.39 is 0 Å². The average Bonchev–Trinajstić information content (AvgIpc) is 3.43. The van der Waals surface area contributed by atoms with Crippen LogP contribution in [-0.2, 0) is 13.0 Å². The molecule has 1 unspecified atom stereocenters. The topological polar surface area (TPSA) is 73.0 Å². The summed E-state index contributed by atoms with van der Waals surface area (Å²) in [5, 5.41) is 7.79. The molecule has 0 bridgehead atoms. The third-order valence-corrected chi connectivity index (χ3v) is 6.49. The highest BCUT2D eigenvalue weighted by Crippen LogP contribution is 2.36. The molecule has 1 saturated heterocycles. The smallest absolute Gasteiger partial charge is 0.317 e. The van der Waals surface area contributed by atoms with Crippen molar-refractivity contribution >= 4 is 17.1 Å². The van der Waals surface area contributed by atoms with Gasteiger partial charge in [-0.05, 0) is 85.7 Å². The molecule has 2 aromatic heterocycles. The van der Waals surface area contributed by atoms with Gasteiger partial charge in [-0.3, -0.25) is 0 Å². The molecule has 4 heterocycles. The third-order valence-electron chi connectivity index (χ3n) is 6.49. The number of carbonyl (C=O) groups is 1. The van der Waals surface area contributed by atoms with Crippen LogP contribution in [0.25, 0.3) is 22.2 Å². The Morgan fingerprint density at radius 1 is 1.30 bits per heavy atom. The minimum Gasteiger partial charge on any atom is -0.346 e. The first-order valence-corrected chi connectivity index (χ1v) is 11.0. The van der Waals surface area contributed by atoms with Crippen molar-refractivity contribution in [1.82, 2.24) is 25.5 Å². The summed E-state index contributed by atoms with van der Waals surface area (Å²) < 4.78 is 0. The molecule has 2 amide bonds. The second kappa shape index (κ2) is 7.76. The van der Waals surface area contributed by atoms with Crippen LogP contribution in [0.15, 0.2) is 30.6 Å². The lowest BCUT2D eigenvalue weighted by molar-refractivity contribution is 0.193. The fourth-order valence-corrected chi connectivity index (χ4v) is 4.89. The second-order valence-electron chi connectivity index (χ2n) is 8.45. The summed E-state index contributed by atoms with van der Waals surface area (Å²) in [4.78, 5) is 22.2. The number of rotatable bonds is 3. The van der Waals surface area contributed by atoms with Gasteiger partial charge in [0.15, 0.2) is 0 Å². The van der Waals surface area contributed by atoms with Gasteiger partial charge in [0, 0.05) is 49.0 Å². The van der Waals surface area contributed by atoms with Crippen LogP contribution in [0.3, 0.4) is 0 Å². The van der Waals surface area contributed by atoms with E-state index >= 15 is 0 Å². The molecule has 0 saturated carbocycles. The number of hydrogen-bond acceptors (Lipinski definition) is 3. The van der Waals surface area contributed by atoms with Crippen molar-refractivity contribution in [1.29, 1.82) is 0 Å². The summed E-state index contributed by atoms with van der Waals surface area (Å²) in [5.41, 5.74) is 8.53. The van der Waals surface area contributed by atoms with Crippen LogP contribution in [0, 0.1) is 6.92 Å². The lowest BCUT2D eigenvalue weighted by Gasteiger charge is -2.32. The number of H-pyrrole nitrogens is 1. The first-order chi connectivity index (χ1) is 14.6. The van der Waals surface area contributed by atoms with E-state index in [-0.39, 0.29) is 6.03 Å². The molecule has 1 atom stereocenters. The molecular weight excluding hydrogens is 374 g/mol. The summed E-state index contributed by atoms with van der Waals surface area (Å²) in [7, 11) is 0. The van der Waals surface area contributed by atoms with E-state index in [9.17, 15) is 4.79 Å². The maximum atomic E-state index is 12.4. The van der Waals surface area contributed by atoms with E-state index in [1.165, 1.54) is 40.7 Å². The molecule has 2 aliphatic rings. The number of aromatic amines is 1.